The molecule has 0 aliphatic heterocycles. The molecule has 3 nitrogen and oxygen atoms in total. The maximum absolute atomic E-state index is 9.53. The monoisotopic (exact) mass is 207 g/mol. The summed E-state index contributed by atoms with van der Waals surface area (Å²) in [6, 6.07) is 0. The third kappa shape index (κ3) is 2.82. The van der Waals surface area contributed by atoms with E-state index >= 15 is 0 Å². The zero-order valence-electron chi connectivity index (χ0n) is 9.70. The fourth-order valence-electron chi connectivity index (χ4n) is 2.37. The Kier molecular flexibility index (Phi) is 3.52. The third-order valence-corrected chi connectivity index (χ3v) is 3.37. The van der Waals surface area contributed by atoms with Crippen LogP contribution in [0.2, 0.25) is 0 Å². The molecule has 0 heterocycles. The molecular formula is C12H19N2O+. The lowest BCUT2D eigenvalue weighted by Gasteiger charge is -2.38. The first-order chi connectivity index (χ1) is 6.97. The van der Waals surface area contributed by atoms with Gasteiger partial charge in [-0.25, -0.2) is 0 Å². The molecule has 0 saturated heterocycles. The highest BCUT2D eigenvalue weighted by Gasteiger charge is 2.33. The minimum Gasteiger partial charge on any atom is -0.505 e. The van der Waals surface area contributed by atoms with Crippen LogP contribution in [-0.4, -0.2) is 5.11 Å². The van der Waals surface area contributed by atoms with Gasteiger partial charge in [-0.05, 0) is 31.1 Å². The molecule has 0 aromatic rings. The minimum atomic E-state index is 0.144. The number of diazo groups is 1. The number of hydrogen-bond acceptors (Lipinski definition) is 2. The summed E-state index contributed by atoms with van der Waals surface area (Å²) in [6.45, 7) is 6.55. The Morgan fingerprint density at radius 2 is 2.40 bits per heavy atom. The van der Waals surface area contributed by atoms with Crippen molar-refractivity contribution >= 4 is 0 Å². The second-order valence-electron chi connectivity index (χ2n) is 4.97. The van der Waals surface area contributed by atoms with Gasteiger partial charge >= 0.3 is 6.20 Å². The Labute approximate surface area is 91.1 Å². The molecule has 1 atom stereocenters. The standard InChI is InChI=1S/C12H18N2O/c1-9-5-4-6-12(2,3)11(9)7-10(15)8-14-13/h5,8,11H,4,6-7H2,1-3H3/p+1/b10-8-. The first kappa shape index (κ1) is 11.8. The van der Waals surface area contributed by atoms with Crippen LogP contribution < -0.4 is 0 Å². The molecule has 3 heteroatoms. The molecule has 0 aromatic heterocycles. The van der Waals surface area contributed by atoms with E-state index in [9.17, 15) is 5.11 Å². The van der Waals surface area contributed by atoms with Gasteiger partial charge in [0.25, 0.3) is 0 Å². The van der Waals surface area contributed by atoms with E-state index < -0.39 is 0 Å². The molecule has 0 aromatic carbocycles. The first-order valence-corrected chi connectivity index (χ1v) is 5.36. The summed E-state index contributed by atoms with van der Waals surface area (Å²) in [5, 5.41) is 17.9. The van der Waals surface area contributed by atoms with E-state index in [2.05, 4.69) is 31.8 Å². The third-order valence-electron chi connectivity index (χ3n) is 3.37. The van der Waals surface area contributed by atoms with E-state index in [-0.39, 0.29) is 11.2 Å². The van der Waals surface area contributed by atoms with Crippen molar-refractivity contribution in [2.75, 3.05) is 0 Å². The Morgan fingerprint density at radius 1 is 1.73 bits per heavy atom. The summed E-state index contributed by atoms with van der Waals surface area (Å²) >= 11 is 0. The van der Waals surface area contributed by atoms with E-state index in [4.69, 9.17) is 5.39 Å². The van der Waals surface area contributed by atoms with Gasteiger partial charge in [0, 0.05) is 6.42 Å². The molecule has 82 valence electrons. The van der Waals surface area contributed by atoms with Crippen molar-refractivity contribution in [2.45, 2.75) is 40.0 Å². The van der Waals surface area contributed by atoms with E-state index in [1.807, 2.05) is 0 Å². The van der Waals surface area contributed by atoms with Crippen LogP contribution in [0, 0.1) is 16.7 Å². The maximum atomic E-state index is 9.53. The van der Waals surface area contributed by atoms with Gasteiger partial charge in [0.2, 0.25) is 5.39 Å². The number of hydrogen-bond donors (Lipinski definition) is 1. The molecule has 1 N–H and O–H groups in total. The quantitative estimate of drug-likeness (QED) is 0.422. The van der Waals surface area contributed by atoms with Crippen molar-refractivity contribution in [1.29, 1.82) is 5.39 Å². The van der Waals surface area contributed by atoms with Crippen LogP contribution in [0.25, 0.3) is 4.98 Å². The van der Waals surface area contributed by atoms with E-state index in [1.165, 1.54) is 5.57 Å². The minimum absolute atomic E-state index is 0.144. The summed E-state index contributed by atoms with van der Waals surface area (Å²) in [5.74, 6) is 0.481. The zero-order chi connectivity index (χ0) is 11.5. The smallest absolute Gasteiger partial charge is 0.387 e. The van der Waals surface area contributed by atoms with Crippen molar-refractivity contribution in [3.8, 4) is 0 Å². The number of nitrogens with zero attached hydrogens (tertiary/aromatic N) is 2. The van der Waals surface area contributed by atoms with Crippen LogP contribution in [0.15, 0.2) is 23.6 Å². The molecule has 0 bridgehead atoms. The zero-order valence-corrected chi connectivity index (χ0v) is 9.70. The average molecular weight is 207 g/mol. The highest BCUT2D eigenvalue weighted by molar-refractivity contribution is 5.15. The molecule has 1 rings (SSSR count). The van der Waals surface area contributed by atoms with Crippen molar-refractivity contribution in [3.05, 3.63) is 28.6 Å². The summed E-state index contributed by atoms with van der Waals surface area (Å²) in [7, 11) is 0. The fourth-order valence-corrected chi connectivity index (χ4v) is 2.37. The molecular weight excluding hydrogens is 188 g/mol. The highest BCUT2D eigenvalue weighted by Crippen LogP contribution is 2.43. The molecule has 1 aliphatic carbocycles. The van der Waals surface area contributed by atoms with E-state index in [0.717, 1.165) is 19.0 Å². The Bertz CT molecular complexity index is 334. The molecule has 1 aliphatic rings. The fraction of sp³-hybridized carbons (Fsp3) is 0.667. The SMILES string of the molecule is CC1=CCCC(C)(C)C1C/C(O)=C/[N+]#N. The topological polar surface area (TPSA) is 48.4 Å². The Morgan fingerprint density at radius 3 is 2.93 bits per heavy atom. The molecule has 1 unspecified atom stereocenters. The van der Waals surface area contributed by atoms with Crippen molar-refractivity contribution in [1.82, 2.24) is 0 Å². The number of rotatable bonds is 2. The predicted molar refractivity (Wildman–Crippen MR) is 60.7 cm³/mol. The van der Waals surface area contributed by atoms with Gasteiger partial charge in [0.1, 0.15) is 0 Å². The van der Waals surface area contributed by atoms with Crippen LogP contribution in [0.4, 0.5) is 0 Å². The lowest BCUT2D eigenvalue weighted by molar-refractivity contribution is 0.195. The Hall–Kier alpha value is -1.30. The molecule has 0 radical (unpaired) electrons. The van der Waals surface area contributed by atoms with Crippen LogP contribution in [0.1, 0.15) is 40.0 Å². The van der Waals surface area contributed by atoms with E-state index in [1.54, 1.807) is 0 Å². The number of aliphatic hydroxyl groups is 1. The van der Waals surface area contributed by atoms with Crippen molar-refractivity contribution in [3.63, 3.8) is 0 Å². The molecule has 0 spiro atoms. The Balaban J connectivity index is 2.82. The summed E-state index contributed by atoms with van der Waals surface area (Å²) in [5.41, 5.74) is 1.53. The number of allylic oxidation sites excluding steroid dienone is 3. The van der Waals surface area contributed by atoms with Crippen molar-refractivity contribution < 1.29 is 5.11 Å². The normalized spacial score (nSPS) is 25.6. The highest BCUT2D eigenvalue weighted by atomic mass is 16.3. The van der Waals surface area contributed by atoms with Gasteiger partial charge < -0.3 is 5.11 Å². The van der Waals surface area contributed by atoms with E-state index in [0.29, 0.717) is 12.3 Å². The summed E-state index contributed by atoms with van der Waals surface area (Å²) in [4.78, 5) is 2.84. The average Bonchev–Trinajstić information content (AvgIpc) is 2.12. The lowest BCUT2D eigenvalue weighted by atomic mass is 9.67. The molecule has 0 amide bonds. The van der Waals surface area contributed by atoms with Gasteiger partial charge in [-0.3, -0.25) is 0 Å². The molecule has 0 fully saturated rings. The largest absolute Gasteiger partial charge is 0.505 e. The van der Waals surface area contributed by atoms with Crippen LogP contribution in [0.3, 0.4) is 0 Å². The van der Waals surface area contributed by atoms with Gasteiger partial charge in [-0.15, -0.1) is 0 Å². The van der Waals surface area contributed by atoms with Crippen LogP contribution >= 0.6 is 0 Å². The summed E-state index contributed by atoms with van der Waals surface area (Å²) < 4.78 is 0. The van der Waals surface area contributed by atoms with Crippen LogP contribution in [-0.2, 0) is 0 Å². The predicted octanol–water partition coefficient (Wildman–Crippen LogP) is 4.01. The van der Waals surface area contributed by atoms with Gasteiger partial charge in [0.05, 0.1) is 0 Å². The lowest BCUT2D eigenvalue weighted by Crippen LogP contribution is -2.28. The second kappa shape index (κ2) is 4.48. The van der Waals surface area contributed by atoms with Gasteiger partial charge in [0.15, 0.2) is 10.7 Å². The van der Waals surface area contributed by atoms with Crippen LogP contribution in [0.5, 0.6) is 0 Å². The van der Waals surface area contributed by atoms with Gasteiger partial charge in [-0.1, -0.05) is 25.5 Å². The molecule has 15 heavy (non-hydrogen) atoms. The van der Waals surface area contributed by atoms with Gasteiger partial charge in [-0.2, -0.15) is 0 Å². The van der Waals surface area contributed by atoms with Crippen molar-refractivity contribution in [2.24, 2.45) is 11.3 Å². The summed E-state index contributed by atoms with van der Waals surface area (Å²) in [6.07, 6.45) is 6.15. The number of aliphatic hydroxyl groups excluding tert-OH is 1. The second-order valence-corrected chi connectivity index (χ2v) is 4.97. The molecule has 0 saturated carbocycles. The first-order valence-electron chi connectivity index (χ1n) is 5.36. The maximum Gasteiger partial charge on any atom is 0.387 e.